The van der Waals surface area contributed by atoms with Crippen molar-refractivity contribution in [1.82, 2.24) is 14.8 Å². The molecule has 2 rings (SSSR count). The summed E-state index contributed by atoms with van der Waals surface area (Å²) in [5.41, 5.74) is 0.941. The monoisotopic (exact) mass is 319 g/mol. The van der Waals surface area contributed by atoms with Crippen LogP contribution in [0.5, 0.6) is 0 Å². The SMILES string of the molecule is Cn1c(CCl)nnc1-c1ccc(Cl)cc1Br. The highest BCUT2D eigenvalue weighted by Gasteiger charge is 2.12. The van der Waals surface area contributed by atoms with Crippen LogP contribution in [0.25, 0.3) is 11.4 Å². The molecule has 0 saturated carbocycles. The first-order valence-electron chi connectivity index (χ1n) is 4.53. The summed E-state index contributed by atoms with van der Waals surface area (Å²) in [5.74, 6) is 1.84. The van der Waals surface area contributed by atoms with Crippen molar-refractivity contribution in [2.24, 2.45) is 7.05 Å². The Morgan fingerprint density at radius 1 is 1.38 bits per heavy atom. The molecule has 16 heavy (non-hydrogen) atoms. The first kappa shape index (κ1) is 11.9. The second-order valence-electron chi connectivity index (χ2n) is 3.26. The van der Waals surface area contributed by atoms with Crippen LogP contribution in [0.1, 0.15) is 5.82 Å². The van der Waals surface area contributed by atoms with Crippen molar-refractivity contribution in [2.45, 2.75) is 5.88 Å². The number of nitrogens with zero attached hydrogens (tertiary/aromatic N) is 3. The summed E-state index contributed by atoms with van der Waals surface area (Å²) in [4.78, 5) is 0. The maximum absolute atomic E-state index is 5.88. The lowest BCUT2D eigenvalue weighted by atomic mass is 10.2. The van der Waals surface area contributed by atoms with Crippen molar-refractivity contribution in [2.75, 3.05) is 0 Å². The summed E-state index contributed by atoms with van der Waals surface area (Å²) in [6, 6.07) is 5.54. The molecule has 1 aromatic heterocycles. The molecule has 0 unspecified atom stereocenters. The third-order valence-corrected chi connectivity index (χ3v) is 3.39. The van der Waals surface area contributed by atoms with Crippen molar-refractivity contribution < 1.29 is 0 Å². The lowest BCUT2D eigenvalue weighted by Gasteiger charge is -2.04. The molecule has 0 amide bonds. The predicted molar refractivity (Wildman–Crippen MR) is 68.7 cm³/mol. The van der Waals surface area contributed by atoms with Gasteiger partial charge in [-0.3, -0.25) is 0 Å². The van der Waals surface area contributed by atoms with Gasteiger partial charge in [0, 0.05) is 22.1 Å². The van der Waals surface area contributed by atoms with Gasteiger partial charge in [-0.2, -0.15) is 0 Å². The van der Waals surface area contributed by atoms with E-state index in [0.29, 0.717) is 10.9 Å². The molecule has 0 aliphatic heterocycles. The van der Waals surface area contributed by atoms with Crippen molar-refractivity contribution >= 4 is 39.1 Å². The minimum Gasteiger partial charge on any atom is -0.313 e. The maximum atomic E-state index is 5.88. The molecule has 3 nitrogen and oxygen atoms in total. The number of halogens is 3. The van der Waals surface area contributed by atoms with Crippen molar-refractivity contribution in [1.29, 1.82) is 0 Å². The van der Waals surface area contributed by atoms with Gasteiger partial charge in [-0.25, -0.2) is 0 Å². The topological polar surface area (TPSA) is 30.7 Å². The van der Waals surface area contributed by atoms with Gasteiger partial charge < -0.3 is 4.57 Å². The largest absolute Gasteiger partial charge is 0.313 e. The Hall–Kier alpha value is -0.580. The van der Waals surface area contributed by atoms with Crippen molar-refractivity contribution in [3.63, 3.8) is 0 Å². The van der Waals surface area contributed by atoms with E-state index in [2.05, 4.69) is 26.1 Å². The maximum Gasteiger partial charge on any atom is 0.164 e. The van der Waals surface area contributed by atoms with Crippen LogP contribution >= 0.6 is 39.1 Å². The third-order valence-electron chi connectivity index (χ3n) is 2.26. The fraction of sp³-hybridized carbons (Fsp3) is 0.200. The molecule has 0 atom stereocenters. The number of aromatic nitrogens is 3. The molecule has 6 heteroatoms. The average Bonchev–Trinajstić information content (AvgIpc) is 2.60. The van der Waals surface area contributed by atoms with Crippen LogP contribution in [0.2, 0.25) is 5.02 Å². The molecule has 0 N–H and O–H groups in total. The highest BCUT2D eigenvalue weighted by molar-refractivity contribution is 9.10. The number of benzene rings is 1. The quantitative estimate of drug-likeness (QED) is 0.791. The molecule has 2 aromatic rings. The summed E-state index contributed by atoms with van der Waals surface area (Å²) in [6.07, 6.45) is 0. The van der Waals surface area contributed by atoms with E-state index < -0.39 is 0 Å². The van der Waals surface area contributed by atoms with Gasteiger partial charge in [-0.15, -0.1) is 21.8 Å². The molecule has 0 fully saturated rings. The van der Waals surface area contributed by atoms with Crippen LogP contribution in [0.3, 0.4) is 0 Å². The molecular weight excluding hydrogens is 313 g/mol. The third kappa shape index (κ3) is 2.10. The standard InChI is InChI=1S/C10H8BrCl2N3/c1-16-9(5-12)14-15-10(16)7-3-2-6(13)4-8(7)11/h2-4H,5H2,1H3. The van der Waals surface area contributed by atoms with E-state index in [-0.39, 0.29) is 0 Å². The van der Waals surface area contributed by atoms with E-state index in [0.717, 1.165) is 21.7 Å². The molecule has 0 bridgehead atoms. The first-order valence-corrected chi connectivity index (χ1v) is 6.23. The number of alkyl halides is 1. The van der Waals surface area contributed by atoms with Crippen molar-refractivity contribution in [3.8, 4) is 11.4 Å². The summed E-state index contributed by atoms with van der Waals surface area (Å²) in [7, 11) is 1.88. The van der Waals surface area contributed by atoms with Gasteiger partial charge in [0.25, 0.3) is 0 Å². The molecule has 0 radical (unpaired) electrons. The van der Waals surface area contributed by atoms with Crippen LogP contribution in [0.4, 0.5) is 0 Å². The Labute approximate surface area is 112 Å². The van der Waals surface area contributed by atoms with Gasteiger partial charge in [0.05, 0.1) is 5.88 Å². The smallest absolute Gasteiger partial charge is 0.164 e. The second kappa shape index (κ2) is 4.73. The Morgan fingerprint density at radius 3 is 2.69 bits per heavy atom. The Morgan fingerprint density at radius 2 is 2.12 bits per heavy atom. The number of hydrogen-bond donors (Lipinski definition) is 0. The minimum atomic E-state index is 0.342. The summed E-state index contributed by atoms with van der Waals surface area (Å²) >= 11 is 15.1. The second-order valence-corrected chi connectivity index (χ2v) is 4.81. The van der Waals surface area contributed by atoms with Crippen LogP contribution in [0, 0.1) is 0 Å². The van der Waals surface area contributed by atoms with E-state index in [9.17, 15) is 0 Å². The summed E-state index contributed by atoms with van der Waals surface area (Å²) < 4.78 is 2.75. The van der Waals surface area contributed by atoms with E-state index in [1.165, 1.54) is 0 Å². The molecule has 0 saturated heterocycles. The lowest BCUT2D eigenvalue weighted by molar-refractivity contribution is 0.853. The zero-order chi connectivity index (χ0) is 11.7. The molecule has 1 aromatic carbocycles. The van der Waals surface area contributed by atoms with E-state index in [1.54, 1.807) is 0 Å². The minimum absolute atomic E-state index is 0.342. The highest BCUT2D eigenvalue weighted by atomic mass is 79.9. The first-order chi connectivity index (χ1) is 7.63. The Kier molecular flexibility index (Phi) is 3.52. The van der Waals surface area contributed by atoms with Gasteiger partial charge in [0.2, 0.25) is 0 Å². The summed E-state index contributed by atoms with van der Waals surface area (Å²) in [6.45, 7) is 0. The predicted octanol–water partition coefficient (Wildman–Crippen LogP) is 3.64. The summed E-state index contributed by atoms with van der Waals surface area (Å²) in [5, 5.41) is 8.78. The molecule has 0 spiro atoms. The van der Waals surface area contributed by atoms with Gasteiger partial charge in [0.1, 0.15) is 5.82 Å². The normalized spacial score (nSPS) is 10.8. The molecule has 84 valence electrons. The average molecular weight is 321 g/mol. The van der Waals surface area contributed by atoms with Crippen molar-refractivity contribution in [3.05, 3.63) is 33.5 Å². The van der Waals surface area contributed by atoms with E-state index in [4.69, 9.17) is 23.2 Å². The van der Waals surface area contributed by atoms with Crippen LogP contribution in [0.15, 0.2) is 22.7 Å². The van der Waals surface area contributed by atoms with Crippen LogP contribution in [-0.4, -0.2) is 14.8 Å². The van der Waals surface area contributed by atoms with Gasteiger partial charge in [-0.05, 0) is 34.1 Å². The molecule has 0 aliphatic carbocycles. The molecule has 0 aliphatic rings. The Bertz CT molecular complexity index is 525. The fourth-order valence-electron chi connectivity index (χ4n) is 1.38. The van der Waals surface area contributed by atoms with Gasteiger partial charge in [0.15, 0.2) is 5.82 Å². The number of rotatable bonds is 2. The highest BCUT2D eigenvalue weighted by Crippen LogP contribution is 2.29. The molecular formula is C10H8BrCl2N3. The zero-order valence-corrected chi connectivity index (χ0v) is 11.5. The van der Waals surface area contributed by atoms with E-state index >= 15 is 0 Å². The lowest BCUT2D eigenvalue weighted by Crippen LogP contribution is -1.97. The van der Waals surface area contributed by atoms with E-state index in [1.807, 2.05) is 29.8 Å². The van der Waals surface area contributed by atoms with Gasteiger partial charge >= 0.3 is 0 Å². The fourth-order valence-corrected chi connectivity index (χ4v) is 2.48. The molecule has 1 heterocycles. The number of hydrogen-bond acceptors (Lipinski definition) is 2. The van der Waals surface area contributed by atoms with Crippen LogP contribution < -0.4 is 0 Å². The zero-order valence-electron chi connectivity index (χ0n) is 8.41. The van der Waals surface area contributed by atoms with Gasteiger partial charge in [-0.1, -0.05) is 11.6 Å². The Balaban J connectivity index is 2.54. The van der Waals surface area contributed by atoms with Crippen LogP contribution in [-0.2, 0) is 12.9 Å².